The van der Waals surface area contributed by atoms with Crippen molar-refractivity contribution in [2.24, 2.45) is 5.73 Å². The third kappa shape index (κ3) is 5.63. The number of rotatable bonds is 5. The highest BCUT2D eigenvalue weighted by atomic mass is 35.5. The minimum Gasteiger partial charge on any atom is -0.383 e. The lowest BCUT2D eigenvalue weighted by Gasteiger charge is -2.22. The number of aromatic amines is 1. The van der Waals surface area contributed by atoms with Gasteiger partial charge in [0.15, 0.2) is 5.82 Å². The summed E-state index contributed by atoms with van der Waals surface area (Å²) in [5, 5.41) is 6.89. The zero-order valence-electron chi connectivity index (χ0n) is 20.9. The van der Waals surface area contributed by atoms with Gasteiger partial charge in [0.25, 0.3) is 5.91 Å². The van der Waals surface area contributed by atoms with Gasteiger partial charge in [-0.05, 0) is 56.7 Å². The first kappa shape index (κ1) is 26.3. The van der Waals surface area contributed by atoms with Crippen molar-refractivity contribution in [2.45, 2.75) is 44.7 Å². The topological polar surface area (TPSA) is 145 Å². The van der Waals surface area contributed by atoms with Crippen molar-refractivity contribution in [1.82, 2.24) is 24.6 Å². The van der Waals surface area contributed by atoms with Crippen LogP contribution in [0.1, 0.15) is 59.2 Å². The second-order valence-corrected chi connectivity index (χ2v) is 9.45. The molecule has 1 aliphatic carbocycles. The van der Waals surface area contributed by atoms with Crippen LogP contribution in [0.25, 0.3) is 11.0 Å². The molecule has 2 aromatic heterocycles. The van der Waals surface area contributed by atoms with Gasteiger partial charge in [0.2, 0.25) is 5.91 Å². The Morgan fingerprint density at radius 2 is 2.08 bits per heavy atom. The number of H-pyrrole nitrogens is 1. The summed E-state index contributed by atoms with van der Waals surface area (Å²) in [7, 11) is 1.66. The molecular formula is C26H30ClN7O3. The Labute approximate surface area is 220 Å². The van der Waals surface area contributed by atoms with Crippen molar-refractivity contribution in [2.75, 3.05) is 26.0 Å². The zero-order valence-corrected chi connectivity index (χ0v) is 21.6. The van der Waals surface area contributed by atoms with Crippen LogP contribution in [0.3, 0.4) is 0 Å². The van der Waals surface area contributed by atoms with Crippen molar-refractivity contribution >= 4 is 40.3 Å². The van der Waals surface area contributed by atoms with Gasteiger partial charge in [0, 0.05) is 25.3 Å². The molecule has 1 aromatic carbocycles. The number of ether oxygens (including phenoxy) is 1. The summed E-state index contributed by atoms with van der Waals surface area (Å²) in [5.74, 6) is 6.10. The molecule has 10 nitrogen and oxygen atoms in total. The molecule has 0 radical (unpaired) electrons. The monoisotopic (exact) mass is 523 g/mol. The fourth-order valence-corrected chi connectivity index (χ4v) is 4.77. The van der Waals surface area contributed by atoms with Gasteiger partial charge in [0.05, 0.1) is 28.7 Å². The smallest absolute Gasteiger partial charge is 0.255 e. The number of nitrogen functional groups attached to an aromatic ring is 1. The number of aryl methyl sites for hydroxylation is 1. The second-order valence-electron chi connectivity index (χ2n) is 9.04. The first-order chi connectivity index (χ1) is 17.7. The Hall–Kier alpha value is -3.81. The Balaban J connectivity index is 0.000000225. The van der Waals surface area contributed by atoms with Crippen LogP contribution < -0.4 is 11.5 Å². The Bertz CT molecular complexity index is 1410. The molecule has 5 rings (SSSR count). The lowest BCUT2D eigenvalue weighted by atomic mass is 10.1. The van der Waals surface area contributed by atoms with E-state index in [2.05, 4.69) is 38.2 Å². The average Bonchev–Trinajstić information content (AvgIpc) is 3.31. The summed E-state index contributed by atoms with van der Waals surface area (Å²) < 4.78 is 7.24. The molecule has 1 saturated heterocycles. The van der Waals surface area contributed by atoms with Gasteiger partial charge in [-0.3, -0.25) is 14.7 Å². The molecule has 0 spiro atoms. The fourth-order valence-electron chi connectivity index (χ4n) is 4.56. The van der Waals surface area contributed by atoms with Gasteiger partial charge < -0.3 is 25.7 Å². The quantitative estimate of drug-likeness (QED) is 0.346. The van der Waals surface area contributed by atoms with Gasteiger partial charge >= 0.3 is 0 Å². The molecule has 194 valence electrons. The predicted molar refractivity (Wildman–Crippen MR) is 142 cm³/mol. The van der Waals surface area contributed by atoms with Crippen LogP contribution in [0.5, 0.6) is 0 Å². The molecular weight excluding hydrogens is 494 g/mol. The first-order valence-corrected chi connectivity index (χ1v) is 12.4. The Kier molecular flexibility index (Phi) is 7.86. The highest BCUT2D eigenvalue weighted by Crippen LogP contribution is 2.39. The summed E-state index contributed by atoms with van der Waals surface area (Å²) in [4.78, 5) is 29.1. The Morgan fingerprint density at radius 1 is 1.32 bits per heavy atom. The van der Waals surface area contributed by atoms with Crippen molar-refractivity contribution in [3.05, 3.63) is 52.5 Å². The number of imidazole rings is 1. The van der Waals surface area contributed by atoms with Crippen LogP contribution in [0.2, 0.25) is 5.02 Å². The Morgan fingerprint density at radius 3 is 2.73 bits per heavy atom. The van der Waals surface area contributed by atoms with Crippen LogP contribution in [0.4, 0.5) is 5.82 Å². The minimum atomic E-state index is -0.684. The molecule has 5 N–H and O–H groups in total. The molecule has 2 aliphatic rings. The number of hydrogen-bond acceptors (Lipinski definition) is 6. The summed E-state index contributed by atoms with van der Waals surface area (Å²) in [5.41, 5.74) is 13.7. The van der Waals surface area contributed by atoms with E-state index in [0.717, 1.165) is 36.2 Å². The van der Waals surface area contributed by atoms with Crippen molar-refractivity contribution < 1.29 is 14.3 Å². The number of methoxy groups -OCH3 is 1. The molecule has 1 aliphatic heterocycles. The highest BCUT2D eigenvalue weighted by molar-refractivity contribution is 6.32. The third-order valence-corrected chi connectivity index (χ3v) is 6.74. The minimum absolute atomic E-state index is 0.0227. The number of nitrogens with one attached hydrogen (secondary N) is 1. The van der Waals surface area contributed by atoms with Gasteiger partial charge in [-0.15, -0.1) is 0 Å². The number of carbonyl (C=O) groups excluding carboxylic acids is 2. The maximum Gasteiger partial charge on any atom is 0.255 e. The molecule has 1 saturated carbocycles. The summed E-state index contributed by atoms with van der Waals surface area (Å²) in [6.45, 7) is 6.94. The van der Waals surface area contributed by atoms with Gasteiger partial charge in [0.1, 0.15) is 17.1 Å². The number of likely N-dealkylation sites (tertiary alicyclic amines) is 1. The van der Waals surface area contributed by atoms with Gasteiger partial charge in [-0.1, -0.05) is 24.1 Å². The average molecular weight is 524 g/mol. The first-order valence-electron chi connectivity index (χ1n) is 12.0. The fraction of sp³-hybridized carbons (Fsp3) is 0.385. The number of benzene rings is 1. The van der Waals surface area contributed by atoms with Crippen molar-refractivity contribution in [3.63, 3.8) is 0 Å². The van der Waals surface area contributed by atoms with Gasteiger partial charge in [-0.2, -0.15) is 5.10 Å². The SMILES string of the molecule is C=CC(=O)N1CCCC1COC.Cc1nc2cc(C#Cc3[nH]nc(N)c3C(N)=O)c(Cl)cc2n1C1CC1. The van der Waals surface area contributed by atoms with Crippen LogP contribution in [-0.2, 0) is 9.53 Å². The maximum atomic E-state index is 11.4. The summed E-state index contributed by atoms with van der Waals surface area (Å²) >= 11 is 6.40. The number of anilines is 1. The number of hydrogen-bond donors (Lipinski definition) is 3. The van der Waals surface area contributed by atoms with Crippen LogP contribution in [0, 0.1) is 18.8 Å². The van der Waals surface area contributed by atoms with Crippen LogP contribution >= 0.6 is 11.6 Å². The van der Waals surface area contributed by atoms with Crippen LogP contribution in [-0.4, -0.2) is 62.8 Å². The number of nitrogens with zero attached hydrogens (tertiary/aromatic N) is 4. The summed E-state index contributed by atoms with van der Waals surface area (Å²) in [6.07, 6.45) is 5.83. The van der Waals surface area contributed by atoms with E-state index < -0.39 is 5.91 Å². The molecule has 11 heteroatoms. The highest BCUT2D eigenvalue weighted by Gasteiger charge is 2.28. The number of primary amides is 1. The van der Waals surface area contributed by atoms with E-state index in [1.807, 2.05) is 24.0 Å². The second kappa shape index (κ2) is 11.1. The summed E-state index contributed by atoms with van der Waals surface area (Å²) in [6, 6.07) is 4.51. The molecule has 0 bridgehead atoms. The number of halogens is 1. The number of carbonyl (C=O) groups is 2. The molecule has 3 aromatic rings. The normalized spacial score (nSPS) is 16.6. The van der Waals surface area contributed by atoms with E-state index in [4.69, 9.17) is 27.8 Å². The standard InChI is InChI=1S/C17H15ClN6O.C9H15NO2/c1-8-21-13-6-9(11(18)7-14(13)24(8)10-3-4-10)2-5-12-15(17(20)25)16(19)23-22-12;1-3-9(11)10-6-4-5-8(10)7-12-2/h6-7,10H,3-4H2,1H3,(H2,20,25)(H3,19,22,23);3,8H,1,4-7H2,2H3. The lowest BCUT2D eigenvalue weighted by Crippen LogP contribution is -2.36. The zero-order chi connectivity index (χ0) is 26.7. The predicted octanol–water partition coefficient (Wildman–Crippen LogP) is 2.95. The van der Waals surface area contributed by atoms with Gasteiger partial charge in [-0.25, -0.2) is 4.98 Å². The van der Waals surface area contributed by atoms with Crippen molar-refractivity contribution in [1.29, 1.82) is 0 Å². The maximum absolute atomic E-state index is 11.4. The number of amides is 2. The molecule has 1 atom stereocenters. The molecule has 3 heterocycles. The van der Waals surface area contributed by atoms with E-state index in [1.54, 1.807) is 7.11 Å². The van der Waals surface area contributed by atoms with E-state index in [-0.39, 0.29) is 29.0 Å². The third-order valence-electron chi connectivity index (χ3n) is 6.42. The number of fused-ring (bicyclic) bond motifs is 1. The molecule has 1 unspecified atom stereocenters. The lowest BCUT2D eigenvalue weighted by molar-refractivity contribution is -0.127. The number of nitrogens with two attached hydrogens (primary N) is 2. The van der Waals surface area contributed by atoms with Crippen molar-refractivity contribution in [3.8, 4) is 11.8 Å². The van der Waals surface area contributed by atoms with E-state index in [0.29, 0.717) is 23.2 Å². The molecule has 37 heavy (non-hydrogen) atoms. The number of aromatic nitrogens is 4. The van der Waals surface area contributed by atoms with Crippen LogP contribution in [0.15, 0.2) is 24.8 Å². The molecule has 2 amide bonds. The largest absolute Gasteiger partial charge is 0.383 e. The van der Waals surface area contributed by atoms with E-state index in [1.165, 1.54) is 18.9 Å². The van der Waals surface area contributed by atoms with E-state index in [9.17, 15) is 9.59 Å². The van der Waals surface area contributed by atoms with E-state index >= 15 is 0 Å². The molecule has 2 fully saturated rings.